The van der Waals surface area contributed by atoms with E-state index >= 15 is 0 Å². The van der Waals surface area contributed by atoms with Gasteiger partial charge in [0.25, 0.3) is 0 Å². The van der Waals surface area contributed by atoms with Crippen LogP contribution in [0.3, 0.4) is 0 Å². The van der Waals surface area contributed by atoms with Crippen LogP contribution in [0.2, 0.25) is 0 Å². The number of pyridine rings is 1. The number of aryl methyl sites for hydroxylation is 2. The molecule has 3 aromatic rings. The molecule has 0 radical (unpaired) electrons. The van der Waals surface area contributed by atoms with Crippen molar-refractivity contribution in [3.63, 3.8) is 0 Å². The summed E-state index contributed by atoms with van der Waals surface area (Å²) in [6.07, 6.45) is 0. The smallest absolute Gasteiger partial charge is 0.211 e. The van der Waals surface area contributed by atoms with Gasteiger partial charge in [0.2, 0.25) is 5.89 Å². The Kier molecular flexibility index (Phi) is 3.24. The summed E-state index contributed by atoms with van der Waals surface area (Å²) in [5.74, 6) is 0.660. The molecule has 4 nitrogen and oxygen atoms in total. The molecule has 0 aliphatic rings. The number of rotatable bonds is 3. The first kappa shape index (κ1) is 12.8. The highest BCUT2D eigenvalue weighted by molar-refractivity contribution is 5.73. The number of fused-ring (bicyclic) bond motifs is 1. The van der Waals surface area contributed by atoms with E-state index in [4.69, 9.17) is 4.42 Å². The molecule has 0 aliphatic heterocycles. The molecule has 1 aromatic carbocycles. The number of benzene rings is 1. The molecule has 20 heavy (non-hydrogen) atoms. The van der Waals surface area contributed by atoms with Gasteiger partial charge in [0.1, 0.15) is 0 Å². The fourth-order valence-electron chi connectivity index (χ4n) is 2.37. The van der Waals surface area contributed by atoms with Crippen LogP contribution >= 0.6 is 0 Å². The normalized spacial score (nSPS) is 11.2. The zero-order chi connectivity index (χ0) is 14.1. The third-order valence-corrected chi connectivity index (χ3v) is 3.14. The quantitative estimate of drug-likeness (QED) is 0.791. The number of nitrogens with one attached hydrogen (secondary N) is 1. The number of hydrogen-bond acceptors (Lipinski definition) is 4. The van der Waals surface area contributed by atoms with Gasteiger partial charge in [0.05, 0.1) is 12.2 Å². The maximum Gasteiger partial charge on any atom is 0.211 e. The van der Waals surface area contributed by atoms with Crippen molar-refractivity contribution in [2.45, 2.75) is 20.4 Å². The van der Waals surface area contributed by atoms with E-state index in [-0.39, 0.29) is 0 Å². The summed E-state index contributed by atoms with van der Waals surface area (Å²) in [7, 11) is 1.86. The number of oxazole rings is 1. The summed E-state index contributed by atoms with van der Waals surface area (Å²) in [5.41, 5.74) is 5.89. The molecular weight excluding hydrogens is 250 g/mol. The first-order valence-corrected chi connectivity index (χ1v) is 6.65. The first-order valence-electron chi connectivity index (χ1n) is 6.65. The van der Waals surface area contributed by atoms with E-state index in [1.54, 1.807) is 0 Å². The van der Waals surface area contributed by atoms with Crippen molar-refractivity contribution in [2.75, 3.05) is 7.05 Å². The van der Waals surface area contributed by atoms with Gasteiger partial charge in [0, 0.05) is 5.56 Å². The molecule has 102 valence electrons. The van der Waals surface area contributed by atoms with Crippen LogP contribution in [0.15, 0.2) is 34.7 Å². The average molecular weight is 267 g/mol. The van der Waals surface area contributed by atoms with Crippen molar-refractivity contribution in [1.29, 1.82) is 0 Å². The molecule has 0 spiro atoms. The number of hydrogen-bond donors (Lipinski definition) is 1. The third kappa shape index (κ3) is 2.42. The van der Waals surface area contributed by atoms with Crippen LogP contribution in [0, 0.1) is 13.8 Å². The van der Waals surface area contributed by atoms with Crippen LogP contribution in [0.4, 0.5) is 0 Å². The molecule has 0 bridgehead atoms. The van der Waals surface area contributed by atoms with Crippen LogP contribution in [-0.4, -0.2) is 17.0 Å². The zero-order valence-electron chi connectivity index (χ0n) is 11.9. The van der Waals surface area contributed by atoms with E-state index < -0.39 is 0 Å². The standard InChI is InChI=1S/C16H17N3O/c1-10-6-11(2)8-12(7-10)13-4-5-14-16(18-13)19-15(20-14)9-17-3/h4-8,17H,9H2,1-3H3. The molecule has 0 saturated heterocycles. The molecule has 2 aromatic heterocycles. The van der Waals surface area contributed by atoms with Gasteiger partial charge in [0.15, 0.2) is 11.2 Å². The largest absolute Gasteiger partial charge is 0.438 e. The molecule has 0 amide bonds. The maximum atomic E-state index is 5.61. The van der Waals surface area contributed by atoms with Crippen molar-refractivity contribution >= 4 is 11.2 Å². The second kappa shape index (κ2) is 5.06. The average Bonchev–Trinajstić information content (AvgIpc) is 2.79. The summed E-state index contributed by atoms with van der Waals surface area (Å²) >= 11 is 0. The highest BCUT2D eigenvalue weighted by Crippen LogP contribution is 2.23. The Morgan fingerprint density at radius 2 is 1.80 bits per heavy atom. The molecule has 0 atom stereocenters. The molecule has 1 N–H and O–H groups in total. The van der Waals surface area contributed by atoms with Crippen molar-refractivity contribution in [3.8, 4) is 11.3 Å². The van der Waals surface area contributed by atoms with Crippen LogP contribution in [-0.2, 0) is 6.54 Å². The summed E-state index contributed by atoms with van der Waals surface area (Å²) in [6, 6.07) is 10.3. The Morgan fingerprint density at radius 3 is 2.50 bits per heavy atom. The van der Waals surface area contributed by atoms with E-state index in [9.17, 15) is 0 Å². The Hall–Kier alpha value is -2.20. The van der Waals surface area contributed by atoms with E-state index in [0.717, 1.165) is 16.8 Å². The lowest BCUT2D eigenvalue weighted by Crippen LogP contribution is -2.04. The first-order chi connectivity index (χ1) is 9.65. The summed E-state index contributed by atoms with van der Waals surface area (Å²) in [4.78, 5) is 8.99. The zero-order valence-corrected chi connectivity index (χ0v) is 11.9. The van der Waals surface area contributed by atoms with Gasteiger partial charge in [-0.25, -0.2) is 4.98 Å². The third-order valence-electron chi connectivity index (χ3n) is 3.14. The van der Waals surface area contributed by atoms with E-state index in [1.165, 1.54) is 11.1 Å². The van der Waals surface area contributed by atoms with Gasteiger partial charge in [-0.2, -0.15) is 4.98 Å². The molecule has 4 heteroatoms. The van der Waals surface area contributed by atoms with Crippen molar-refractivity contribution in [3.05, 3.63) is 47.3 Å². The number of aromatic nitrogens is 2. The molecule has 0 aliphatic carbocycles. The molecular formula is C16H17N3O. The van der Waals surface area contributed by atoms with Gasteiger partial charge >= 0.3 is 0 Å². The molecule has 2 heterocycles. The molecule has 0 saturated carbocycles. The minimum atomic E-state index is 0.606. The molecule has 3 rings (SSSR count). The lowest BCUT2D eigenvalue weighted by molar-refractivity contribution is 0.511. The number of nitrogens with zero attached hydrogens (tertiary/aromatic N) is 2. The summed E-state index contributed by atoms with van der Waals surface area (Å²) in [5, 5.41) is 3.02. The minimum absolute atomic E-state index is 0.606. The van der Waals surface area contributed by atoms with E-state index in [1.807, 2.05) is 19.2 Å². The van der Waals surface area contributed by atoms with Crippen LogP contribution in [0.5, 0.6) is 0 Å². The molecule has 0 fully saturated rings. The van der Waals surface area contributed by atoms with Gasteiger partial charge in [-0.3, -0.25) is 0 Å². The highest BCUT2D eigenvalue weighted by Gasteiger charge is 2.08. The van der Waals surface area contributed by atoms with Crippen LogP contribution in [0.25, 0.3) is 22.5 Å². The van der Waals surface area contributed by atoms with Crippen LogP contribution < -0.4 is 5.32 Å². The van der Waals surface area contributed by atoms with Crippen molar-refractivity contribution < 1.29 is 4.42 Å². The fraction of sp³-hybridized carbons (Fsp3) is 0.250. The van der Waals surface area contributed by atoms with Gasteiger partial charge in [-0.1, -0.05) is 17.2 Å². The highest BCUT2D eigenvalue weighted by atomic mass is 16.3. The topological polar surface area (TPSA) is 51.0 Å². The predicted octanol–water partition coefficient (Wildman–Crippen LogP) is 3.23. The Morgan fingerprint density at radius 1 is 1.05 bits per heavy atom. The Balaban J connectivity index is 2.07. The second-order valence-electron chi connectivity index (χ2n) is 5.03. The van der Waals surface area contributed by atoms with Gasteiger partial charge < -0.3 is 9.73 Å². The maximum absolute atomic E-state index is 5.61. The summed E-state index contributed by atoms with van der Waals surface area (Å²) < 4.78 is 5.61. The summed E-state index contributed by atoms with van der Waals surface area (Å²) in [6.45, 7) is 4.79. The Labute approximate surface area is 117 Å². The monoisotopic (exact) mass is 267 g/mol. The van der Waals surface area contributed by atoms with Gasteiger partial charge in [-0.05, 0) is 45.2 Å². The second-order valence-corrected chi connectivity index (χ2v) is 5.03. The minimum Gasteiger partial charge on any atom is -0.438 e. The van der Waals surface area contributed by atoms with Gasteiger partial charge in [-0.15, -0.1) is 0 Å². The SMILES string of the molecule is CNCc1nc2nc(-c3cc(C)cc(C)c3)ccc2o1. The predicted molar refractivity (Wildman–Crippen MR) is 79.5 cm³/mol. The van der Waals surface area contributed by atoms with E-state index in [0.29, 0.717) is 18.1 Å². The lowest BCUT2D eigenvalue weighted by atomic mass is 10.0. The fourth-order valence-corrected chi connectivity index (χ4v) is 2.37. The van der Waals surface area contributed by atoms with Crippen molar-refractivity contribution in [1.82, 2.24) is 15.3 Å². The molecule has 0 unspecified atom stereocenters. The van der Waals surface area contributed by atoms with E-state index in [2.05, 4.69) is 47.3 Å². The van der Waals surface area contributed by atoms with Crippen molar-refractivity contribution in [2.24, 2.45) is 0 Å². The van der Waals surface area contributed by atoms with Crippen LogP contribution in [0.1, 0.15) is 17.0 Å². The lowest BCUT2D eigenvalue weighted by Gasteiger charge is -2.04. The Bertz CT molecular complexity index is 741.